The first kappa shape index (κ1) is 30.8. The van der Waals surface area contributed by atoms with Crippen molar-refractivity contribution in [3.63, 3.8) is 0 Å². The van der Waals surface area contributed by atoms with E-state index in [0.29, 0.717) is 17.5 Å². The first-order valence-corrected chi connectivity index (χ1v) is 14.8. The van der Waals surface area contributed by atoms with Gasteiger partial charge in [-0.05, 0) is 60.6 Å². The van der Waals surface area contributed by atoms with Crippen LogP contribution in [0, 0.1) is 46.3 Å². The lowest BCUT2D eigenvalue weighted by Crippen LogP contribution is -2.76. The Morgan fingerprint density at radius 2 is 1.73 bits per heavy atom. The van der Waals surface area contributed by atoms with Crippen LogP contribution in [-0.2, 0) is 25.6 Å². The predicted octanol–water partition coefficient (Wildman–Crippen LogP) is 4.76. The number of fused-ring (bicyclic) bond motifs is 3. The maximum absolute atomic E-state index is 14.4. The summed E-state index contributed by atoms with van der Waals surface area (Å²) in [5, 5.41) is 23.5. The quantitative estimate of drug-likeness (QED) is 0.301. The Morgan fingerprint density at radius 3 is 2.27 bits per heavy atom. The van der Waals surface area contributed by atoms with Crippen molar-refractivity contribution in [1.29, 1.82) is 0 Å². The SMILES string of the molecule is CCCCC#Cc1cc(C(C)C)c2c(c1O)C(=O)C1C(=O)[C@@]3(O)C(=O)C(C(C)=O)C(=O)C(C(C)C)[C@@]3(C)C[C@@]1(C)C2. The average Bonchev–Trinajstić information content (AvgIpc) is 2.84. The lowest BCUT2D eigenvalue weighted by molar-refractivity contribution is -0.205. The molecule has 2 saturated carbocycles. The highest BCUT2D eigenvalue weighted by atomic mass is 16.3. The summed E-state index contributed by atoms with van der Waals surface area (Å²) in [6.07, 6.45) is 2.79. The van der Waals surface area contributed by atoms with Gasteiger partial charge in [0.2, 0.25) is 0 Å². The smallest absolute Gasteiger partial charge is 0.190 e. The van der Waals surface area contributed by atoms with Crippen LogP contribution in [0.15, 0.2) is 6.07 Å². The molecule has 0 radical (unpaired) electrons. The van der Waals surface area contributed by atoms with Crippen molar-refractivity contribution < 1.29 is 34.2 Å². The minimum Gasteiger partial charge on any atom is -0.506 e. The molecule has 3 aliphatic rings. The summed E-state index contributed by atoms with van der Waals surface area (Å²) < 4.78 is 0. The molecule has 2 fully saturated rings. The molecular formula is C34H42O7. The third-order valence-corrected chi connectivity index (χ3v) is 9.91. The van der Waals surface area contributed by atoms with E-state index in [1.807, 2.05) is 19.9 Å². The van der Waals surface area contributed by atoms with Gasteiger partial charge < -0.3 is 10.2 Å². The molecule has 0 saturated heterocycles. The molecule has 3 aliphatic carbocycles. The molecule has 7 heteroatoms. The van der Waals surface area contributed by atoms with Crippen LogP contribution in [0.3, 0.4) is 0 Å². The molecule has 6 atom stereocenters. The third kappa shape index (κ3) is 4.24. The molecule has 41 heavy (non-hydrogen) atoms. The van der Waals surface area contributed by atoms with E-state index in [2.05, 4.69) is 18.8 Å². The highest BCUT2D eigenvalue weighted by molar-refractivity contribution is 6.32. The van der Waals surface area contributed by atoms with Crippen LogP contribution in [0.25, 0.3) is 0 Å². The average molecular weight is 563 g/mol. The number of rotatable bonds is 5. The van der Waals surface area contributed by atoms with Gasteiger partial charge >= 0.3 is 0 Å². The van der Waals surface area contributed by atoms with Crippen molar-refractivity contribution in [3.8, 4) is 17.6 Å². The zero-order chi connectivity index (χ0) is 30.8. The van der Waals surface area contributed by atoms with E-state index in [0.717, 1.165) is 25.3 Å². The number of aliphatic hydroxyl groups is 1. The number of unbranched alkanes of at least 4 members (excludes halogenated alkanes) is 2. The van der Waals surface area contributed by atoms with Gasteiger partial charge in [0.05, 0.1) is 17.0 Å². The van der Waals surface area contributed by atoms with Crippen LogP contribution in [0.1, 0.15) is 114 Å². The Balaban J connectivity index is 1.97. The first-order chi connectivity index (χ1) is 19.0. The molecule has 0 aliphatic heterocycles. The minimum absolute atomic E-state index is 0.0156. The number of hydrogen-bond acceptors (Lipinski definition) is 7. The van der Waals surface area contributed by atoms with Crippen molar-refractivity contribution in [2.24, 2.45) is 34.5 Å². The lowest BCUT2D eigenvalue weighted by Gasteiger charge is -2.62. The van der Waals surface area contributed by atoms with E-state index in [1.165, 1.54) is 0 Å². The number of benzene rings is 1. The van der Waals surface area contributed by atoms with Crippen LogP contribution in [0.2, 0.25) is 0 Å². The topological polar surface area (TPSA) is 126 Å². The zero-order valence-electron chi connectivity index (χ0n) is 25.4. The predicted molar refractivity (Wildman–Crippen MR) is 153 cm³/mol. The highest BCUT2D eigenvalue weighted by Gasteiger charge is 2.76. The Bertz CT molecular complexity index is 1420. The number of hydrogen-bond donors (Lipinski definition) is 2. The fourth-order valence-corrected chi connectivity index (χ4v) is 8.26. The zero-order valence-corrected chi connectivity index (χ0v) is 25.4. The molecule has 1 aromatic carbocycles. The van der Waals surface area contributed by atoms with Gasteiger partial charge in [0.25, 0.3) is 0 Å². The van der Waals surface area contributed by atoms with Crippen LogP contribution in [0.5, 0.6) is 5.75 Å². The van der Waals surface area contributed by atoms with Crippen molar-refractivity contribution >= 4 is 28.9 Å². The molecule has 0 heterocycles. The Morgan fingerprint density at radius 1 is 1.10 bits per heavy atom. The van der Waals surface area contributed by atoms with Crippen molar-refractivity contribution in [1.82, 2.24) is 0 Å². The monoisotopic (exact) mass is 562 g/mol. The van der Waals surface area contributed by atoms with Gasteiger partial charge in [-0.1, -0.05) is 66.7 Å². The number of phenolic OH excluding ortho intramolecular Hbond substituents is 1. The molecule has 0 amide bonds. The van der Waals surface area contributed by atoms with Crippen LogP contribution >= 0.6 is 0 Å². The summed E-state index contributed by atoms with van der Waals surface area (Å²) in [7, 11) is 0. The maximum Gasteiger partial charge on any atom is 0.190 e. The highest BCUT2D eigenvalue weighted by Crippen LogP contribution is 2.64. The molecular weight excluding hydrogens is 520 g/mol. The molecule has 3 unspecified atom stereocenters. The van der Waals surface area contributed by atoms with Gasteiger partial charge in [-0.15, -0.1) is 0 Å². The number of Topliss-reactive ketones (excluding diaryl/α,β-unsaturated/α-hetero) is 5. The van der Waals surface area contributed by atoms with Crippen molar-refractivity contribution in [2.75, 3.05) is 0 Å². The summed E-state index contributed by atoms with van der Waals surface area (Å²) in [4.78, 5) is 68.7. The summed E-state index contributed by atoms with van der Waals surface area (Å²) in [5.74, 6) is -2.85. The van der Waals surface area contributed by atoms with Crippen LogP contribution in [0.4, 0.5) is 0 Å². The minimum atomic E-state index is -2.70. The van der Waals surface area contributed by atoms with Crippen LogP contribution in [-0.4, -0.2) is 44.7 Å². The van der Waals surface area contributed by atoms with Gasteiger partial charge in [-0.3, -0.25) is 24.0 Å². The second-order valence-electron chi connectivity index (χ2n) is 13.6. The normalized spacial score (nSPS) is 32.8. The summed E-state index contributed by atoms with van der Waals surface area (Å²) in [6.45, 7) is 14.1. The maximum atomic E-state index is 14.4. The fraction of sp³-hybridized carbons (Fsp3) is 0.618. The Kier molecular flexibility index (Phi) is 7.75. The van der Waals surface area contributed by atoms with Gasteiger partial charge in [0, 0.05) is 17.8 Å². The Labute approximate surface area is 242 Å². The van der Waals surface area contributed by atoms with E-state index in [1.54, 1.807) is 27.7 Å². The summed E-state index contributed by atoms with van der Waals surface area (Å²) >= 11 is 0. The van der Waals surface area contributed by atoms with E-state index in [4.69, 9.17) is 0 Å². The van der Waals surface area contributed by atoms with Gasteiger partial charge in [0.1, 0.15) is 17.5 Å². The standard InChI is InChI=1S/C34H42O7/c1-9-10-11-12-13-20-14-21(17(2)3)22-15-32(7)16-33(8)25(18(4)5)28(37)23(19(6)35)30(39)34(33,41)31(40)26(32)29(38)24(22)27(20)36/h14,17-18,23,25-26,36,41H,9-11,15-16H2,1-8H3/t23?,25?,26?,32-,33-,34+/m1/s1. The second-order valence-corrected chi connectivity index (χ2v) is 13.6. The molecule has 220 valence electrons. The van der Waals surface area contributed by atoms with E-state index >= 15 is 0 Å². The summed E-state index contributed by atoms with van der Waals surface area (Å²) in [6, 6.07) is 1.82. The number of aromatic hydroxyl groups is 1. The molecule has 1 aromatic rings. The van der Waals surface area contributed by atoms with Crippen LogP contribution < -0.4 is 0 Å². The number of carbonyl (C=O) groups is 5. The van der Waals surface area contributed by atoms with Gasteiger partial charge in [0.15, 0.2) is 28.7 Å². The van der Waals surface area contributed by atoms with Crippen molar-refractivity contribution in [3.05, 3.63) is 28.3 Å². The number of ketones is 5. The first-order valence-electron chi connectivity index (χ1n) is 14.8. The summed E-state index contributed by atoms with van der Waals surface area (Å²) in [5.41, 5.74) is -3.45. The lowest BCUT2D eigenvalue weighted by atomic mass is 9.39. The van der Waals surface area contributed by atoms with E-state index < -0.39 is 63.1 Å². The molecule has 7 nitrogen and oxygen atoms in total. The third-order valence-electron chi connectivity index (χ3n) is 9.91. The number of phenols is 1. The van der Waals surface area contributed by atoms with E-state index in [9.17, 15) is 34.2 Å². The van der Waals surface area contributed by atoms with Crippen molar-refractivity contribution in [2.45, 2.75) is 99.0 Å². The largest absolute Gasteiger partial charge is 0.506 e. The molecule has 4 rings (SSSR count). The number of carbonyl (C=O) groups excluding carboxylic acids is 5. The molecule has 0 bridgehead atoms. The van der Waals surface area contributed by atoms with Gasteiger partial charge in [-0.2, -0.15) is 0 Å². The van der Waals surface area contributed by atoms with Gasteiger partial charge in [-0.25, -0.2) is 0 Å². The molecule has 2 N–H and O–H groups in total. The molecule has 0 aromatic heterocycles. The Hall–Kier alpha value is -3.11. The van der Waals surface area contributed by atoms with E-state index in [-0.39, 0.29) is 36.0 Å². The molecule has 0 spiro atoms. The second kappa shape index (κ2) is 10.3. The fourth-order valence-electron chi connectivity index (χ4n) is 8.26.